The van der Waals surface area contributed by atoms with E-state index >= 15 is 0 Å². The van der Waals surface area contributed by atoms with Crippen LogP contribution in [0.25, 0.3) is 0 Å². The quantitative estimate of drug-likeness (QED) is 0.221. The Labute approximate surface area is 208 Å². The van der Waals surface area contributed by atoms with Crippen molar-refractivity contribution in [3.05, 3.63) is 58.1 Å². The largest absolute Gasteiger partial charge is 0.494 e. The summed E-state index contributed by atoms with van der Waals surface area (Å²) in [4.78, 5) is 25.0. The molecular weight excluding hydrogens is 506 g/mol. The minimum atomic E-state index is -0.459. The van der Waals surface area contributed by atoms with Gasteiger partial charge in [-0.1, -0.05) is 42.1 Å². The maximum Gasteiger partial charge on any atom is 0.269 e. The van der Waals surface area contributed by atoms with Crippen molar-refractivity contribution < 1.29 is 19.1 Å². The maximum absolute atomic E-state index is 12.6. The summed E-state index contributed by atoms with van der Waals surface area (Å²) in [6.07, 6.45) is 4.44. The number of carbonyl (C=O) groups is 2. The number of carbonyl (C=O) groups excluding carboxylic acids is 2. The lowest BCUT2D eigenvalue weighted by molar-refractivity contribution is 0.0933. The number of hydrogen-bond donors (Lipinski definition) is 3. The average molecular weight is 536 g/mol. The molecule has 7 nitrogen and oxygen atoms in total. The summed E-state index contributed by atoms with van der Waals surface area (Å²) < 4.78 is 12.1. The van der Waals surface area contributed by atoms with Crippen LogP contribution in [0.5, 0.6) is 11.5 Å². The fourth-order valence-electron chi connectivity index (χ4n) is 2.85. The Morgan fingerprint density at radius 1 is 1.00 bits per heavy atom. The molecule has 33 heavy (non-hydrogen) atoms. The zero-order valence-electron chi connectivity index (χ0n) is 19.1. The number of unbranched alkanes of at least 4 members (excludes halogenated alkanes) is 3. The van der Waals surface area contributed by atoms with Crippen LogP contribution >= 0.6 is 28.1 Å². The number of rotatable bonds is 10. The molecule has 0 aromatic heterocycles. The van der Waals surface area contributed by atoms with Gasteiger partial charge < -0.3 is 9.47 Å². The molecule has 2 rings (SSSR count). The van der Waals surface area contributed by atoms with E-state index in [4.69, 9.17) is 21.7 Å². The molecular formula is C24H30BrN3O4S. The molecule has 0 saturated heterocycles. The lowest BCUT2D eigenvalue weighted by Gasteiger charge is -2.15. The van der Waals surface area contributed by atoms with Crippen LogP contribution in [-0.2, 0) is 0 Å². The zero-order chi connectivity index (χ0) is 24.2. The minimum Gasteiger partial charge on any atom is -0.494 e. The Morgan fingerprint density at radius 2 is 1.73 bits per heavy atom. The Kier molecular flexibility index (Phi) is 11.1. The third-order valence-electron chi connectivity index (χ3n) is 4.45. The highest BCUT2D eigenvalue weighted by atomic mass is 79.9. The first-order valence-corrected chi connectivity index (χ1v) is 12.1. The molecule has 2 aromatic rings. The fourth-order valence-corrected chi connectivity index (χ4v) is 3.35. The second-order valence-electron chi connectivity index (χ2n) is 7.60. The van der Waals surface area contributed by atoms with Crippen molar-refractivity contribution in [2.75, 3.05) is 6.61 Å². The van der Waals surface area contributed by atoms with Crippen LogP contribution < -0.4 is 25.6 Å². The number of nitrogens with one attached hydrogen (secondary N) is 3. The minimum absolute atomic E-state index is 0.0455. The van der Waals surface area contributed by atoms with Crippen LogP contribution in [0, 0.1) is 0 Å². The predicted molar refractivity (Wildman–Crippen MR) is 137 cm³/mol. The lowest BCUT2D eigenvalue weighted by Crippen LogP contribution is -2.48. The van der Waals surface area contributed by atoms with Gasteiger partial charge in [0.15, 0.2) is 5.11 Å². The molecule has 0 unspecified atom stereocenters. The topological polar surface area (TPSA) is 88.7 Å². The summed E-state index contributed by atoms with van der Waals surface area (Å²) in [6, 6.07) is 12.0. The molecule has 0 bridgehead atoms. The van der Waals surface area contributed by atoms with Gasteiger partial charge in [-0.25, -0.2) is 0 Å². The van der Waals surface area contributed by atoms with Gasteiger partial charge >= 0.3 is 0 Å². The smallest absolute Gasteiger partial charge is 0.269 e. The molecule has 0 fully saturated rings. The third-order valence-corrected chi connectivity index (χ3v) is 5.15. The van der Waals surface area contributed by atoms with Crippen LogP contribution in [0.15, 0.2) is 46.9 Å². The van der Waals surface area contributed by atoms with Crippen LogP contribution in [0.1, 0.15) is 67.2 Å². The molecule has 3 N–H and O–H groups in total. The molecule has 2 aromatic carbocycles. The van der Waals surface area contributed by atoms with Crippen molar-refractivity contribution in [3.63, 3.8) is 0 Å². The number of ether oxygens (including phenoxy) is 2. The van der Waals surface area contributed by atoms with Crippen molar-refractivity contribution in [2.24, 2.45) is 0 Å². The summed E-state index contributed by atoms with van der Waals surface area (Å²) in [6.45, 7) is 6.57. The van der Waals surface area contributed by atoms with Crippen molar-refractivity contribution in [1.29, 1.82) is 0 Å². The number of benzene rings is 2. The summed E-state index contributed by atoms with van der Waals surface area (Å²) >= 11 is 8.48. The van der Waals surface area contributed by atoms with E-state index in [1.165, 1.54) is 12.8 Å². The first kappa shape index (κ1) is 26.6. The van der Waals surface area contributed by atoms with Crippen LogP contribution in [0.3, 0.4) is 0 Å². The number of thiocarbonyl (C=S) groups is 1. The van der Waals surface area contributed by atoms with Gasteiger partial charge in [0, 0.05) is 10.0 Å². The Bertz CT molecular complexity index is 951. The van der Waals surface area contributed by atoms with Gasteiger partial charge in [-0.05, 0) is 75.0 Å². The highest BCUT2D eigenvalue weighted by Gasteiger charge is 2.16. The molecule has 0 atom stereocenters. The van der Waals surface area contributed by atoms with Crippen LogP contribution in [-0.4, -0.2) is 29.6 Å². The third kappa shape index (κ3) is 9.39. The van der Waals surface area contributed by atoms with Crippen LogP contribution in [0.2, 0.25) is 0 Å². The molecule has 0 heterocycles. The van der Waals surface area contributed by atoms with Crippen molar-refractivity contribution in [2.45, 2.75) is 52.6 Å². The van der Waals surface area contributed by atoms with Gasteiger partial charge in [0.25, 0.3) is 11.8 Å². The Balaban J connectivity index is 1.84. The van der Waals surface area contributed by atoms with Gasteiger partial charge in [-0.15, -0.1) is 0 Å². The van der Waals surface area contributed by atoms with E-state index in [-0.39, 0.29) is 11.2 Å². The van der Waals surface area contributed by atoms with Gasteiger partial charge in [-0.2, -0.15) is 0 Å². The van der Waals surface area contributed by atoms with Gasteiger partial charge in [0.2, 0.25) is 0 Å². The van der Waals surface area contributed by atoms with E-state index in [0.717, 1.165) is 17.3 Å². The van der Waals surface area contributed by atoms with E-state index in [9.17, 15) is 9.59 Å². The molecule has 0 aliphatic rings. The maximum atomic E-state index is 12.6. The van der Waals surface area contributed by atoms with Crippen LogP contribution in [0.4, 0.5) is 0 Å². The first-order valence-electron chi connectivity index (χ1n) is 10.9. The number of amides is 2. The summed E-state index contributed by atoms with van der Waals surface area (Å²) in [7, 11) is 0. The van der Waals surface area contributed by atoms with Crippen molar-refractivity contribution >= 4 is 45.1 Å². The average Bonchev–Trinajstić information content (AvgIpc) is 2.78. The van der Waals surface area contributed by atoms with Gasteiger partial charge in [0.05, 0.1) is 18.3 Å². The number of halogens is 1. The molecule has 0 saturated carbocycles. The monoisotopic (exact) mass is 535 g/mol. The highest BCUT2D eigenvalue weighted by Crippen LogP contribution is 2.24. The molecule has 0 aliphatic carbocycles. The molecule has 9 heteroatoms. The van der Waals surface area contributed by atoms with E-state index in [0.29, 0.717) is 29.2 Å². The molecule has 178 valence electrons. The summed E-state index contributed by atoms with van der Waals surface area (Å²) in [5.74, 6) is 0.295. The molecule has 0 radical (unpaired) electrons. The van der Waals surface area contributed by atoms with Crippen molar-refractivity contribution in [3.8, 4) is 11.5 Å². The molecule has 2 amide bonds. The Hall–Kier alpha value is -2.65. The standard InChI is InChI=1S/C24H30BrN3O4S/c1-4-5-6-7-14-31-19-11-8-17(9-12-19)22(29)27-28-24(33)26-23(30)20-15-18(25)10-13-21(20)32-16(2)3/h8-13,15-16H,4-7,14H2,1-3H3,(H,27,29)(H2,26,28,30,33). The summed E-state index contributed by atoms with van der Waals surface area (Å²) in [5.41, 5.74) is 5.76. The predicted octanol–water partition coefficient (Wildman–Crippen LogP) is 5.14. The molecule has 0 aliphatic heterocycles. The van der Waals surface area contributed by atoms with Gasteiger partial charge in [-0.3, -0.25) is 25.8 Å². The van der Waals surface area contributed by atoms with E-state index in [1.807, 2.05) is 13.8 Å². The Morgan fingerprint density at radius 3 is 2.39 bits per heavy atom. The van der Waals surface area contributed by atoms with Crippen molar-refractivity contribution in [1.82, 2.24) is 16.2 Å². The lowest BCUT2D eigenvalue weighted by atomic mass is 10.2. The SMILES string of the molecule is CCCCCCOc1ccc(C(=O)NNC(=S)NC(=O)c2cc(Br)ccc2OC(C)C)cc1. The van der Waals surface area contributed by atoms with E-state index in [1.54, 1.807) is 42.5 Å². The zero-order valence-corrected chi connectivity index (χ0v) is 21.5. The summed E-state index contributed by atoms with van der Waals surface area (Å²) in [5, 5.41) is 2.49. The second kappa shape index (κ2) is 13.8. The normalized spacial score (nSPS) is 10.5. The second-order valence-corrected chi connectivity index (χ2v) is 8.93. The van der Waals surface area contributed by atoms with Gasteiger partial charge in [0.1, 0.15) is 11.5 Å². The fraction of sp³-hybridized carbons (Fsp3) is 0.375. The highest BCUT2D eigenvalue weighted by molar-refractivity contribution is 9.10. The van der Waals surface area contributed by atoms with E-state index in [2.05, 4.69) is 39.0 Å². The van der Waals surface area contributed by atoms with E-state index < -0.39 is 11.8 Å². The first-order chi connectivity index (χ1) is 15.8. The number of hydrogen-bond acceptors (Lipinski definition) is 5. The molecule has 0 spiro atoms. The number of hydrazine groups is 1.